The van der Waals surface area contributed by atoms with Gasteiger partial charge in [-0.3, -0.25) is 4.79 Å². The number of nitrogens with one attached hydrogen (secondary N) is 2. The van der Waals surface area contributed by atoms with Crippen LogP contribution in [0.5, 0.6) is 23.0 Å². The van der Waals surface area contributed by atoms with Crippen molar-refractivity contribution < 1.29 is 28.5 Å². The molecule has 0 aliphatic heterocycles. The third kappa shape index (κ3) is 6.81. The molecule has 0 unspecified atom stereocenters. The molecule has 0 fully saturated rings. The predicted molar refractivity (Wildman–Crippen MR) is 182 cm³/mol. The van der Waals surface area contributed by atoms with Crippen LogP contribution >= 0.6 is 55.1 Å². The summed E-state index contributed by atoms with van der Waals surface area (Å²) in [4.78, 5) is 29.9. The molecule has 0 aliphatic rings. The summed E-state index contributed by atoms with van der Waals surface area (Å²) in [6.07, 6.45) is 1.36. The summed E-state index contributed by atoms with van der Waals surface area (Å²) in [6, 6.07) is 19.1. The van der Waals surface area contributed by atoms with Gasteiger partial charge in [-0.25, -0.2) is 10.2 Å². The van der Waals surface area contributed by atoms with Gasteiger partial charge in [0.15, 0.2) is 17.2 Å². The second kappa shape index (κ2) is 13.9. The molecule has 1 heterocycles. The molecule has 1 amide bonds. The van der Waals surface area contributed by atoms with Crippen LogP contribution in [0, 0.1) is 0 Å². The molecule has 5 rings (SSSR count). The van der Waals surface area contributed by atoms with Gasteiger partial charge >= 0.3 is 5.97 Å². The summed E-state index contributed by atoms with van der Waals surface area (Å²) >= 11 is 19.6. The SMILES string of the molecule is COc1cc(C(=O)Oc2c(Br)cc(Br)cc2C=NNC(=O)c2[nH]c3c(Cl)cc(Cl)cc3c2-c2ccccc2)cc(OC)c1OC. The molecule has 13 heteroatoms. The smallest absolute Gasteiger partial charge is 0.343 e. The van der Waals surface area contributed by atoms with Crippen LogP contribution < -0.4 is 24.4 Å². The Balaban J connectivity index is 1.46. The molecular weight excluding hydrogens is 753 g/mol. The monoisotopic (exact) mass is 773 g/mol. The molecule has 230 valence electrons. The second-order valence-corrected chi connectivity index (χ2v) is 12.0. The Kier molecular flexibility index (Phi) is 10.0. The summed E-state index contributed by atoms with van der Waals surface area (Å²) in [5.74, 6) is -0.152. The van der Waals surface area contributed by atoms with Gasteiger partial charge in [0.1, 0.15) is 5.69 Å². The number of carbonyl (C=O) groups excluding carboxylic acids is 2. The number of methoxy groups -OCH3 is 3. The van der Waals surface area contributed by atoms with Crippen LogP contribution in [0.4, 0.5) is 0 Å². The molecule has 0 atom stereocenters. The lowest BCUT2D eigenvalue weighted by atomic mass is 10.0. The number of hydrogen-bond donors (Lipinski definition) is 2. The molecule has 1 aromatic heterocycles. The van der Waals surface area contributed by atoms with Crippen LogP contribution in [0.25, 0.3) is 22.0 Å². The van der Waals surface area contributed by atoms with Crippen molar-refractivity contribution in [1.29, 1.82) is 0 Å². The third-order valence-electron chi connectivity index (χ3n) is 6.62. The number of rotatable bonds is 9. The number of aromatic nitrogens is 1. The van der Waals surface area contributed by atoms with Crippen LogP contribution in [-0.2, 0) is 0 Å². The molecule has 0 aliphatic carbocycles. The zero-order chi connectivity index (χ0) is 32.2. The summed E-state index contributed by atoms with van der Waals surface area (Å²) in [5.41, 5.74) is 5.29. The first kappa shape index (κ1) is 32.4. The predicted octanol–water partition coefficient (Wildman–Crippen LogP) is 8.68. The molecule has 0 saturated carbocycles. The van der Waals surface area contributed by atoms with Crippen molar-refractivity contribution in [3.05, 3.63) is 103 Å². The number of ether oxygens (including phenoxy) is 4. The van der Waals surface area contributed by atoms with E-state index in [0.717, 1.165) is 5.56 Å². The largest absolute Gasteiger partial charge is 0.493 e. The van der Waals surface area contributed by atoms with Gasteiger partial charge in [-0.1, -0.05) is 69.5 Å². The Morgan fingerprint density at radius 3 is 2.22 bits per heavy atom. The van der Waals surface area contributed by atoms with Crippen molar-refractivity contribution in [2.24, 2.45) is 5.10 Å². The van der Waals surface area contributed by atoms with Crippen LogP contribution in [0.15, 0.2) is 80.8 Å². The van der Waals surface area contributed by atoms with Gasteiger partial charge in [0.2, 0.25) is 5.75 Å². The van der Waals surface area contributed by atoms with Crippen molar-refractivity contribution >= 4 is 84.1 Å². The first-order chi connectivity index (χ1) is 21.6. The quantitative estimate of drug-likeness (QED) is 0.0671. The number of H-pyrrole nitrogens is 1. The Morgan fingerprint density at radius 2 is 1.58 bits per heavy atom. The van der Waals surface area contributed by atoms with Gasteiger partial charge in [-0.05, 0) is 57.9 Å². The van der Waals surface area contributed by atoms with Crippen LogP contribution in [0.2, 0.25) is 10.0 Å². The van der Waals surface area contributed by atoms with Crippen LogP contribution in [-0.4, -0.2) is 44.4 Å². The molecule has 0 bridgehead atoms. The minimum absolute atomic E-state index is 0.154. The topological polar surface area (TPSA) is 111 Å². The molecule has 5 aromatic rings. The van der Waals surface area contributed by atoms with Gasteiger partial charge in [0.25, 0.3) is 5.91 Å². The minimum Gasteiger partial charge on any atom is -0.493 e. The van der Waals surface area contributed by atoms with Gasteiger partial charge in [-0.2, -0.15) is 5.10 Å². The van der Waals surface area contributed by atoms with E-state index in [1.54, 1.807) is 24.3 Å². The molecule has 9 nitrogen and oxygen atoms in total. The highest BCUT2D eigenvalue weighted by atomic mass is 79.9. The molecule has 0 spiro atoms. The number of benzene rings is 4. The number of carbonyl (C=O) groups is 2. The van der Waals surface area contributed by atoms with Crippen LogP contribution in [0.1, 0.15) is 26.4 Å². The molecule has 2 N–H and O–H groups in total. The fourth-order valence-electron chi connectivity index (χ4n) is 4.65. The first-order valence-corrected chi connectivity index (χ1v) is 15.4. The number of nitrogens with zero attached hydrogens (tertiary/aromatic N) is 1. The first-order valence-electron chi connectivity index (χ1n) is 13.1. The number of aromatic amines is 1. The van der Waals surface area contributed by atoms with E-state index in [-0.39, 0.29) is 17.0 Å². The number of halogens is 4. The van der Waals surface area contributed by atoms with E-state index in [0.29, 0.717) is 58.3 Å². The normalized spacial score (nSPS) is 11.1. The highest BCUT2D eigenvalue weighted by Crippen LogP contribution is 2.40. The molecule has 45 heavy (non-hydrogen) atoms. The maximum Gasteiger partial charge on any atom is 0.343 e. The number of esters is 1. The summed E-state index contributed by atoms with van der Waals surface area (Å²) in [6.45, 7) is 0. The van der Waals surface area contributed by atoms with Crippen molar-refractivity contribution in [2.45, 2.75) is 0 Å². The Hall–Kier alpha value is -4.03. The standard InChI is InChI=1S/C32H23Br2Cl2N3O6/c1-42-24-10-17(11-25(43-2)30(24)44-3)32(41)45-29-18(9-19(33)12-22(29)34)15-37-39-31(40)28-26(16-7-5-4-6-8-16)21-13-20(35)14-23(36)27(21)38-28/h4-15,38H,1-3H3,(H,39,40). The van der Waals surface area contributed by atoms with Crippen LogP contribution in [0.3, 0.4) is 0 Å². The van der Waals surface area contributed by atoms with E-state index < -0.39 is 11.9 Å². The number of hydrazone groups is 1. The molecular formula is C32H23Br2Cl2N3O6. The number of amides is 1. The van der Waals surface area contributed by atoms with Crippen molar-refractivity contribution in [3.63, 3.8) is 0 Å². The van der Waals surface area contributed by atoms with E-state index in [1.165, 1.54) is 39.7 Å². The lowest BCUT2D eigenvalue weighted by Crippen LogP contribution is -2.19. The van der Waals surface area contributed by atoms with Gasteiger partial charge < -0.3 is 23.9 Å². The van der Waals surface area contributed by atoms with Crippen molar-refractivity contribution in [1.82, 2.24) is 10.4 Å². The molecule has 4 aromatic carbocycles. The highest BCUT2D eigenvalue weighted by Gasteiger charge is 2.23. The average molecular weight is 776 g/mol. The van der Waals surface area contributed by atoms with E-state index >= 15 is 0 Å². The van der Waals surface area contributed by atoms with E-state index in [2.05, 4.69) is 47.4 Å². The fourth-order valence-corrected chi connectivity index (χ4v) is 6.53. The van der Waals surface area contributed by atoms with Crippen molar-refractivity contribution in [3.8, 4) is 34.1 Å². The van der Waals surface area contributed by atoms with Gasteiger partial charge in [-0.15, -0.1) is 0 Å². The Labute approximate surface area is 284 Å². The number of fused-ring (bicyclic) bond motifs is 1. The molecule has 0 radical (unpaired) electrons. The maximum atomic E-state index is 13.5. The lowest BCUT2D eigenvalue weighted by Gasteiger charge is -2.15. The van der Waals surface area contributed by atoms with Gasteiger partial charge in [0, 0.05) is 26.0 Å². The Morgan fingerprint density at radius 1 is 0.889 bits per heavy atom. The Bertz CT molecular complexity index is 1940. The fraction of sp³-hybridized carbons (Fsp3) is 0.0938. The lowest BCUT2D eigenvalue weighted by molar-refractivity contribution is 0.0732. The van der Waals surface area contributed by atoms with E-state index in [4.69, 9.17) is 42.1 Å². The summed E-state index contributed by atoms with van der Waals surface area (Å²) in [7, 11) is 4.36. The second-order valence-electron chi connectivity index (χ2n) is 9.36. The average Bonchev–Trinajstić information content (AvgIpc) is 3.42. The van der Waals surface area contributed by atoms with E-state index in [9.17, 15) is 9.59 Å². The maximum absolute atomic E-state index is 13.5. The number of hydrogen-bond acceptors (Lipinski definition) is 7. The van der Waals surface area contributed by atoms with Gasteiger partial charge in [0.05, 0.1) is 48.1 Å². The minimum atomic E-state index is -0.697. The zero-order valence-electron chi connectivity index (χ0n) is 23.8. The summed E-state index contributed by atoms with van der Waals surface area (Å²) < 4.78 is 23.0. The molecule has 0 saturated heterocycles. The zero-order valence-corrected chi connectivity index (χ0v) is 28.5. The third-order valence-corrected chi connectivity index (χ3v) is 8.18. The summed E-state index contributed by atoms with van der Waals surface area (Å²) in [5, 5.41) is 5.66. The van der Waals surface area contributed by atoms with E-state index in [1.807, 2.05) is 30.3 Å². The highest BCUT2D eigenvalue weighted by molar-refractivity contribution is 9.11. The van der Waals surface area contributed by atoms with Crippen molar-refractivity contribution in [2.75, 3.05) is 21.3 Å².